The van der Waals surface area contributed by atoms with Gasteiger partial charge in [-0.2, -0.15) is 0 Å². The van der Waals surface area contributed by atoms with Gasteiger partial charge in [-0.15, -0.1) is 0 Å². The van der Waals surface area contributed by atoms with Crippen LogP contribution in [0.1, 0.15) is 58.2 Å². The maximum Gasteiger partial charge on any atom is 0.333 e. The molecule has 0 saturated heterocycles. The fraction of sp³-hybridized carbons (Fsp3) is 0.526. The average Bonchev–Trinajstić information content (AvgIpc) is 2.44. The Labute approximate surface area is 151 Å². The van der Waals surface area contributed by atoms with Gasteiger partial charge in [0, 0.05) is 6.54 Å². The molecule has 0 atom stereocenters. The number of hydrogen-bond acceptors (Lipinski definition) is 4. The highest BCUT2D eigenvalue weighted by Gasteiger charge is 2.26. The molecule has 142 valence electrons. The lowest BCUT2D eigenvalue weighted by atomic mass is 9.78. The van der Waals surface area contributed by atoms with Crippen LogP contribution >= 0.6 is 0 Å². The van der Waals surface area contributed by atoms with E-state index < -0.39 is 17.1 Å². The van der Waals surface area contributed by atoms with Crippen molar-refractivity contribution < 1.29 is 5.11 Å². The highest BCUT2D eigenvalue weighted by molar-refractivity contribution is 5.49. The minimum Gasteiger partial charge on any atom is -0.507 e. The van der Waals surface area contributed by atoms with Gasteiger partial charge in [0.15, 0.2) is 0 Å². The number of rotatable bonds is 3. The second-order valence-electron chi connectivity index (χ2n) is 8.63. The van der Waals surface area contributed by atoms with Crippen LogP contribution in [0, 0.1) is 0 Å². The zero-order valence-corrected chi connectivity index (χ0v) is 16.2. The van der Waals surface area contributed by atoms with Crippen LogP contribution in [0.4, 0.5) is 0 Å². The van der Waals surface area contributed by atoms with Crippen molar-refractivity contribution in [2.24, 2.45) is 0 Å². The maximum absolute atomic E-state index is 11.8. The molecule has 0 spiro atoms. The summed E-state index contributed by atoms with van der Waals surface area (Å²) in [5.41, 5.74) is -0.237. The van der Waals surface area contributed by atoms with Crippen molar-refractivity contribution in [3.63, 3.8) is 0 Å². The van der Waals surface area contributed by atoms with Gasteiger partial charge in [-0.25, -0.2) is 19.0 Å². The SMILES string of the molecule is CC(C)(C)c1cc(CCn2c(=O)[nH]c(=O)[nH]c2=O)cc(C(C)(C)C)c1O. The van der Waals surface area contributed by atoms with Crippen LogP contribution in [0.15, 0.2) is 26.5 Å². The predicted molar refractivity (Wildman–Crippen MR) is 101 cm³/mol. The van der Waals surface area contributed by atoms with Gasteiger partial charge < -0.3 is 5.11 Å². The minimum absolute atomic E-state index is 0.128. The third-order valence-corrected chi connectivity index (χ3v) is 4.34. The Balaban J connectivity index is 2.49. The molecule has 1 aromatic heterocycles. The van der Waals surface area contributed by atoms with E-state index in [2.05, 4.69) is 9.97 Å². The zero-order chi connectivity index (χ0) is 19.9. The van der Waals surface area contributed by atoms with E-state index in [1.807, 2.05) is 53.7 Å². The largest absolute Gasteiger partial charge is 0.507 e. The van der Waals surface area contributed by atoms with Crippen molar-refractivity contribution in [3.05, 3.63) is 60.3 Å². The summed E-state index contributed by atoms with van der Waals surface area (Å²) in [6, 6.07) is 3.82. The molecule has 0 aliphatic carbocycles. The number of aryl methyl sites for hydroxylation is 1. The molecule has 0 bridgehead atoms. The third-order valence-electron chi connectivity index (χ3n) is 4.34. The molecule has 0 aliphatic rings. The van der Waals surface area contributed by atoms with Crippen LogP contribution in [-0.4, -0.2) is 19.6 Å². The van der Waals surface area contributed by atoms with E-state index in [0.717, 1.165) is 21.3 Å². The Morgan fingerprint density at radius 3 is 1.69 bits per heavy atom. The normalized spacial score (nSPS) is 12.4. The smallest absolute Gasteiger partial charge is 0.333 e. The van der Waals surface area contributed by atoms with Crippen molar-refractivity contribution >= 4 is 0 Å². The fourth-order valence-electron chi connectivity index (χ4n) is 2.88. The molecule has 0 fully saturated rings. The predicted octanol–water partition coefficient (Wildman–Crippen LogP) is 1.77. The van der Waals surface area contributed by atoms with E-state index in [0.29, 0.717) is 6.42 Å². The van der Waals surface area contributed by atoms with Crippen LogP contribution in [0.25, 0.3) is 0 Å². The lowest BCUT2D eigenvalue weighted by Gasteiger charge is -2.28. The first-order valence-corrected chi connectivity index (χ1v) is 8.61. The molecule has 2 aromatic rings. The number of aromatic hydroxyl groups is 1. The van der Waals surface area contributed by atoms with Crippen LogP contribution < -0.4 is 17.1 Å². The second-order valence-corrected chi connectivity index (χ2v) is 8.63. The number of phenolic OH excluding ortho intramolecular Hbond substituents is 1. The van der Waals surface area contributed by atoms with Gasteiger partial charge in [-0.05, 0) is 33.9 Å². The molecule has 3 N–H and O–H groups in total. The van der Waals surface area contributed by atoms with Crippen molar-refractivity contribution in [3.8, 4) is 5.75 Å². The van der Waals surface area contributed by atoms with E-state index in [1.165, 1.54) is 0 Å². The number of benzene rings is 1. The molecule has 0 unspecified atom stereocenters. The van der Waals surface area contributed by atoms with Gasteiger partial charge in [0.05, 0.1) is 0 Å². The molecule has 0 amide bonds. The summed E-state index contributed by atoms with van der Waals surface area (Å²) in [5.74, 6) is 0.285. The lowest BCUT2D eigenvalue weighted by Crippen LogP contribution is -2.43. The Morgan fingerprint density at radius 2 is 1.31 bits per heavy atom. The van der Waals surface area contributed by atoms with Gasteiger partial charge in [-0.3, -0.25) is 9.97 Å². The second kappa shape index (κ2) is 6.63. The van der Waals surface area contributed by atoms with E-state index in [4.69, 9.17) is 0 Å². The van der Waals surface area contributed by atoms with Gasteiger partial charge in [0.1, 0.15) is 5.75 Å². The first-order chi connectivity index (χ1) is 11.8. The van der Waals surface area contributed by atoms with Gasteiger partial charge in [0.25, 0.3) is 0 Å². The van der Waals surface area contributed by atoms with Crippen LogP contribution in [-0.2, 0) is 23.8 Å². The first kappa shape index (κ1) is 19.8. The third kappa shape index (κ3) is 4.15. The number of nitrogens with one attached hydrogen (secondary N) is 2. The lowest BCUT2D eigenvalue weighted by molar-refractivity contribution is 0.422. The number of aromatic amines is 2. The Kier molecular flexibility index (Phi) is 5.03. The number of phenols is 1. The van der Waals surface area contributed by atoms with Gasteiger partial charge in [0.2, 0.25) is 0 Å². The van der Waals surface area contributed by atoms with Crippen molar-refractivity contribution in [1.29, 1.82) is 0 Å². The topological polar surface area (TPSA) is 108 Å². The molecule has 2 rings (SSSR count). The van der Waals surface area contributed by atoms with E-state index in [9.17, 15) is 19.5 Å². The van der Waals surface area contributed by atoms with Crippen LogP contribution in [0.3, 0.4) is 0 Å². The summed E-state index contributed by atoms with van der Waals surface area (Å²) in [4.78, 5) is 38.9. The fourth-order valence-corrected chi connectivity index (χ4v) is 2.88. The Morgan fingerprint density at radius 1 is 0.885 bits per heavy atom. The summed E-state index contributed by atoms with van der Waals surface area (Å²) in [6.45, 7) is 12.3. The molecule has 0 radical (unpaired) electrons. The number of hydrogen-bond donors (Lipinski definition) is 3. The highest BCUT2D eigenvalue weighted by Crippen LogP contribution is 2.39. The molecule has 7 heteroatoms. The van der Waals surface area contributed by atoms with Gasteiger partial charge >= 0.3 is 17.1 Å². The van der Waals surface area contributed by atoms with Crippen LogP contribution in [0.2, 0.25) is 0 Å². The van der Waals surface area contributed by atoms with Crippen molar-refractivity contribution in [1.82, 2.24) is 14.5 Å². The number of H-pyrrole nitrogens is 2. The minimum atomic E-state index is -0.814. The monoisotopic (exact) mass is 361 g/mol. The molecular weight excluding hydrogens is 334 g/mol. The Bertz CT molecular complexity index is 913. The van der Waals surface area contributed by atoms with E-state index >= 15 is 0 Å². The molecule has 7 nitrogen and oxygen atoms in total. The number of aromatic nitrogens is 3. The summed E-state index contributed by atoms with van der Waals surface area (Å²) < 4.78 is 0.960. The standard InChI is InChI=1S/C19H27N3O4/c1-18(2,3)12-9-11(10-13(14(12)23)19(4,5)6)7-8-22-16(25)20-15(24)21-17(22)26/h9-10,23H,7-8H2,1-6H3,(H2,20,21,24,25,26). The zero-order valence-electron chi connectivity index (χ0n) is 16.2. The Hall–Kier alpha value is -2.57. The first-order valence-electron chi connectivity index (χ1n) is 8.61. The molecule has 0 aliphatic heterocycles. The summed E-state index contributed by atoms with van der Waals surface area (Å²) in [5, 5.41) is 10.7. The molecule has 1 aromatic carbocycles. The van der Waals surface area contributed by atoms with E-state index in [-0.39, 0.29) is 23.1 Å². The van der Waals surface area contributed by atoms with E-state index in [1.54, 1.807) is 0 Å². The number of nitrogens with zero attached hydrogens (tertiary/aromatic N) is 1. The summed E-state index contributed by atoms with van der Waals surface area (Å²) in [7, 11) is 0. The molecular formula is C19H27N3O4. The average molecular weight is 361 g/mol. The highest BCUT2D eigenvalue weighted by atomic mass is 16.3. The van der Waals surface area contributed by atoms with Gasteiger partial charge in [-0.1, -0.05) is 53.7 Å². The summed E-state index contributed by atoms with van der Waals surface area (Å²) >= 11 is 0. The quantitative estimate of drug-likeness (QED) is 0.774. The van der Waals surface area contributed by atoms with Crippen molar-refractivity contribution in [2.45, 2.75) is 65.3 Å². The molecule has 1 heterocycles. The molecule has 0 saturated carbocycles. The summed E-state index contributed by atoms with van der Waals surface area (Å²) in [6.07, 6.45) is 0.418. The molecule has 26 heavy (non-hydrogen) atoms. The van der Waals surface area contributed by atoms with Crippen LogP contribution in [0.5, 0.6) is 5.75 Å². The maximum atomic E-state index is 11.8. The van der Waals surface area contributed by atoms with Crippen molar-refractivity contribution in [2.75, 3.05) is 0 Å².